The molecule has 2 aromatic rings. The monoisotopic (exact) mass is 309 g/mol. The maximum atomic E-state index is 3.48. The van der Waals surface area contributed by atoms with Gasteiger partial charge in [0.25, 0.3) is 0 Å². The summed E-state index contributed by atoms with van der Waals surface area (Å²) in [5, 5.41) is 3.48. The lowest BCUT2D eigenvalue weighted by Crippen LogP contribution is -2.40. The molecule has 0 unspecified atom stereocenters. The van der Waals surface area contributed by atoms with Crippen LogP contribution in [-0.2, 0) is 5.41 Å². The third-order valence-electron chi connectivity index (χ3n) is 4.11. The summed E-state index contributed by atoms with van der Waals surface area (Å²) in [6.45, 7) is 2.20. The van der Waals surface area contributed by atoms with Gasteiger partial charge in [0.2, 0.25) is 0 Å². The molecule has 1 N–H and O–H groups in total. The van der Waals surface area contributed by atoms with Crippen molar-refractivity contribution >= 4 is 24.8 Å². The zero-order chi connectivity index (χ0) is 12.3. The van der Waals surface area contributed by atoms with Crippen LogP contribution in [0.3, 0.4) is 0 Å². The van der Waals surface area contributed by atoms with Crippen LogP contribution in [0, 0.1) is 0 Å². The Kier molecular flexibility index (Phi) is 6.54. The van der Waals surface area contributed by atoms with Crippen molar-refractivity contribution in [2.24, 2.45) is 0 Å². The molecule has 0 aliphatic carbocycles. The number of hydrogen-bond acceptors (Lipinski definition) is 1. The number of rotatable bonds is 2. The van der Waals surface area contributed by atoms with Crippen molar-refractivity contribution in [3.8, 4) is 0 Å². The van der Waals surface area contributed by atoms with Crippen LogP contribution in [0.2, 0.25) is 0 Å². The molecule has 0 saturated carbocycles. The first kappa shape index (κ1) is 17.0. The lowest BCUT2D eigenvalue weighted by atomic mass is 9.68. The first-order valence-corrected chi connectivity index (χ1v) is 6.74. The summed E-state index contributed by atoms with van der Waals surface area (Å²) in [6.07, 6.45) is 2.36. The molecule has 0 spiro atoms. The van der Waals surface area contributed by atoms with Gasteiger partial charge in [-0.2, -0.15) is 0 Å². The molecule has 20 heavy (non-hydrogen) atoms. The molecule has 3 heteroatoms. The van der Waals surface area contributed by atoms with Crippen molar-refractivity contribution in [1.82, 2.24) is 5.32 Å². The summed E-state index contributed by atoms with van der Waals surface area (Å²) in [5.41, 5.74) is 3.11. The first-order chi connectivity index (χ1) is 8.92. The summed E-state index contributed by atoms with van der Waals surface area (Å²) in [6, 6.07) is 21.9. The van der Waals surface area contributed by atoms with Crippen LogP contribution in [0.5, 0.6) is 0 Å². The van der Waals surface area contributed by atoms with Gasteiger partial charge >= 0.3 is 0 Å². The van der Waals surface area contributed by atoms with E-state index in [-0.39, 0.29) is 30.2 Å². The lowest BCUT2D eigenvalue weighted by Gasteiger charge is -2.39. The van der Waals surface area contributed by atoms with Crippen LogP contribution >= 0.6 is 24.8 Å². The fourth-order valence-electron chi connectivity index (χ4n) is 3.11. The standard InChI is InChI=1S/C17H19N.2ClH/c1-3-7-15(8-4-1)17(11-13-18-14-12-17)16-9-5-2-6-10-16;;/h1-10,18H,11-14H2;2*1H. The number of nitrogens with one attached hydrogen (secondary N) is 1. The minimum atomic E-state index is 0. The van der Waals surface area contributed by atoms with Crippen molar-refractivity contribution in [1.29, 1.82) is 0 Å². The third kappa shape index (κ3) is 3.17. The Labute approximate surface area is 133 Å². The van der Waals surface area contributed by atoms with Gasteiger partial charge in [-0.25, -0.2) is 0 Å². The molecule has 0 radical (unpaired) electrons. The van der Waals surface area contributed by atoms with E-state index in [4.69, 9.17) is 0 Å². The first-order valence-electron chi connectivity index (χ1n) is 6.74. The molecular formula is C17H21Cl2N. The number of piperidine rings is 1. The largest absolute Gasteiger partial charge is 0.317 e. The van der Waals surface area contributed by atoms with E-state index in [0.717, 1.165) is 13.1 Å². The Hall–Kier alpha value is -1.02. The molecule has 0 atom stereocenters. The molecule has 0 aromatic heterocycles. The molecule has 3 rings (SSSR count). The van der Waals surface area contributed by atoms with Gasteiger partial charge in [0.15, 0.2) is 0 Å². The molecular weight excluding hydrogens is 289 g/mol. The zero-order valence-electron chi connectivity index (χ0n) is 11.4. The van der Waals surface area contributed by atoms with Crippen LogP contribution in [0.15, 0.2) is 60.7 Å². The number of halogens is 2. The highest BCUT2D eigenvalue weighted by Gasteiger charge is 2.35. The highest BCUT2D eigenvalue weighted by atomic mass is 35.5. The summed E-state index contributed by atoms with van der Waals surface area (Å²) >= 11 is 0. The second-order valence-electron chi connectivity index (χ2n) is 5.06. The van der Waals surface area contributed by atoms with Gasteiger partial charge < -0.3 is 5.32 Å². The van der Waals surface area contributed by atoms with E-state index in [2.05, 4.69) is 66.0 Å². The Bertz CT molecular complexity index is 451. The highest BCUT2D eigenvalue weighted by Crippen LogP contribution is 2.39. The van der Waals surface area contributed by atoms with E-state index in [0.29, 0.717) is 0 Å². The Morgan fingerprint density at radius 2 is 1.05 bits per heavy atom. The van der Waals surface area contributed by atoms with Crippen LogP contribution in [0.4, 0.5) is 0 Å². The minimum Gasteiger partial charge on any atom is -0.317 e. The summed E-state index contributed by atoms with van der Waals surface area (Å²) < 4.78 is 0. The van der Waals surface area contributed by atoms with Crippen LogP contribution in [0.25, 0.3) is 0 Å². The number of benzene rings is 2. The zero-order valence-corrected chi connectivity index (χ0v) is 13.1. The predicted octanol–water partition coefficient (Wildman–Crippen LogP) is 4.20. The normalized spacial score (nSPS) is 16.6. The van der Waals surface area contributed by atoms with Crippen LogP contribution in [0.1, 0.15) is 24.0 Å². The highest BCUT2D eigenvalue weighted by molar-refractivity contribution is 5.85. The van der Waals surface area contributed by atoms with Crippen LogP contribution < -0.4 is 5.32 Å². The average Bonchev–Trinajstić information content (AvgIpc) is 2.50. The Balaban J connectivity index is 0.000001000. The molecule has 1 aliphatic rings. The number of hydrogen-bond donors (Lipinski definition) is 1. The van der Waals surface area contributed by atoms with E-state index in [1.165, 1.54) is 24.0 Å². The third-order valence-corrected chi connectivity index (χ3v) is 4.11. The Morgan fingerprint density at radius 3 is 1.45 bits per heavy atom. The average molecular weight is 310 g/mol. The fraction of sp³-hybridized carbons (Fsp3) is 0.294. The topological polar surface area (TPSA) is 12.0 Å². The summed E-state index contributed by atoms with van der Waals surface area (Å²) in [7, 11) is 0. The predicted molar refractivity (Wildman–Crippen MR) is 90.3 cm³/mol. The van der Waals surface area contributed by atoms with Gasteiger partial charge in [-0.05, 0) is 37.1 Å². The second-order valence-corrected chi connectivity index (χ2v) is 5.06. The van der Waals surface area contributed by atoms with E-state index < -0.39 is 0 Å². The molecule has 1 fully saturated rings. The maximum absolute atomic E-state index is 3.48. The molecule has 1 aliphatic heterocycles. The van der Waals surface area contributed by atoms with Crippen molar-refractivity contribution in [2.45, 2.75) is 18.3 Å². The van der Waals surface area contributed by atoms with Gasteiger partial charge in [-0.3, -0.25) is 0 Å². The van der Waals surface area contributed by atoms with E-state index in [9.17, 15) is 0 Å². The van der Waals surface area contributed by atoms with Crippen molar-refractivity contribution < 1.29 is 0 Å². The van der Waals surface area contributed by atoms with Crippen molar-refractivity contribution in [3.05, 3.63) is 71.8 Å². The summed E-state index contributed by atoms with van der Waals surface area (Å²) in [5.74, 6) is 0. The van der Waals surface area contributed by atoms with E-state index in [1.807, 2.05) is 0 Å². The molecule has 2 aromatic carbocycles. The van der Waals surface area contributed by atoms with Crippen molar-refractivity contribution in [3.63, 3.8) is 0 Å². The molecule has 0 amide bonds. The van der Waals surface area contributed by atoms with Crippen LogP contribution in [-0.4, -0.2) is 13.1 Å². The SMILES string of the molecule is Cl.Cl.c1ccc(C2(c3ccccc3)CCNCC2)cc1. The van der Waals surface area contributed by atoms with Gasteiger partial charge in [0, 0.05) is 5.41 Å². The quantitative estimate of drug-likeness (QED) is 0.876. The Morgan fingerprint density at radius 1 is 0.650 bits per heavy atom. The molecule has 1 nitrogen and oxygen atoms in total. The smallest absolute Gasteiger partial charge is 0.0227 e. The molecule has 0 bridgehead atoms. The maximum Gasteiger partial charge on any atom is 0.0227 e. The molecule has 1 saturated heterocycles. The van der Waals surface area contributed by atoms with Crippen molar-refractivity contribution in [2.75, 3.05) is 13.1 Å². The van der Waals surface area contributed by atoms with Gasteiger partial charge in [-0.15, -0.1) is 24.8 Å². The minimum absolute atomic E-state index is 0. The van der Waals surface area contributed by atoms with E-state index in [1.54, 1.807) is 0 Å². The molecule has 108 valence electrons. The van der Waals surface area contributed by atoms with Gasteiger partial charge in [-0.1, -0.05) is 60.7 Å². The lowest BCUT2D eigenvalue weighted by molar-refractivity contribution is 0.362. The summed E-state index contributed by atoms with van der Waals surface area (Å²) in [4.78, 5) is 0. The fourth-order valence-corrected chi connectivity index (χ4v) is 3.11. The van der Waals surface area contributed by atoms with Gasteiger partial charge in [0.1, 0.15) is 0 Å². The molecule has 1 heterocycles. The van der Waals surface area contributed by atoms with E-state index >= 15 is 0 Å². The second kappa shape index (κ2) is 7.68. The van der Waals surface area contributed by atoms with Gasteiger partial charge in [0.05, 0.1) is 0 Å².